The van der Waals surface area contributed by atoms with Crippen LogP contribution in [0.15, 0.2) is 0 Å². The predicted molar refractivity (Wildman–Crippen MR) is 80.1 cm³/mol. The van der Waals surface area contributed by atoms with Gasteiger partial charge in [0.2, 0.25) is 0 Å². The molecule has 2 atom stereocenters. The Labute approximate surface area is 127 Å². The minimum Gasteiger partial charge on any atom is -0.311 e. The second-order valence-electron chi connectivity index (χ2n) is 8.12. The van der Waals surface area contributed by atoms with Gasteiger partial charge < -0.3 is 5.32 Å². The van der Waals surface area contributed by atoms with Crippen LogP contribution in [0, 0.1) is 17.3 Å². The van der Waals surface area contributed by atoms with E-state index in [-0.39, 0.29) is 12.1 Å². The molecular formula is C17H30F3N. The van der Waals surface area contributed by atoms with Crippen LogP contribution >= 0.6 is 0 Å². The molecule has 0 amide bonds. The van der Waals surface area contributed by atoms with Crippen LogP contribution in [0.1, 0.15) is 72.1 Å². The maximum Gasteiger partial charge on any atom is 0.393 e. The van der Waals surface area contributed by atoms with E-state index >= 15 is 0 Å². The highest BCUT2D eigenvalue weighted by molar-refractivity contribution is 4.90. The van der Waals surface area contributed by atoms with Gasteiger partial charge in [-0.05, 0) is 49.9 Å². The van der Waals surface area contributed by atoms with E-state index in [4.69, 9.17) is 0 Å². The molecule has 2 aliphatic rings. The van der Waals surface area contributed by atoms with Gasteiger partial charge in [-0.25, -0.2) is 0 Å². The highest BCUT2D eigenvalue weighted by Crippen LogP contribution is 2.40. The van der Waals surface area contributed by atoms with E-state index in [1.807, 2.05) is 0 Å². The largest absolute Gasteiger partial charge is 0.393 e. The zero-order valence-electron chi connectivity index (χ0n) is 13.6. The predicted octanol–water partition coefficient (Wildman–Crippen LogP) is 5.30. The molecule has 2 unspecified atom stereocenters. The molecule has 0 aliphatic heterocycles. The Balaban J connectivity index is 1.87. The number of hydrogen-bond acceptors (Lipinski definition) is 1. The molecule has 1 nitrogen and oxygen atoms in total. The first-order chi connectivity index (χ1) is 9.68. The lowest BCUT2D eigenvalue weighted by Gasteiger charge is -2.41. The van der Waals surface area contributed by atoms with Crippen LogP contribution in [0.5, 0.6) is 0 Å². The number of halogens is 3. The third kappa shape index (κ3) is 4.61. The van der Waals surface area contributed by atoms with Crippen LogP contribution in [-0.4, -0.2) is 18.3 Å². The van der Waals surface area contributed by atoms with Gasteiger partial charge in [-0.3, -0.25) is 0 Å². The number of hydrogen-bond donors (Lipinski definition) is 1. The SMILES string of the molecule is CC(C)(C)C1CCC(NC2CCCCC2C(F)(F)F)CC1. The standard InChI is InChI=1S/C17H30F3N/c1-16(2,3)12-8-10-13(11-9-12)21-15-7-5-4-6-14(15)17(18,19)20/h12-15,21H,4-11H2,1-3H3. The first kappa shape index (κ1) is 17.1. The molecule has 0 saturated heterocycles. The lowest BCUT2D eigenvalue weighted by atomic mass is 9.71. The monoisotopic (exact) mass is 305 g/mol. The fraction of sp³-hybridized carbons (Fsp3) is 1.00. The van der Waals surface area contributed by atoms with Crippen molar-refractivity contribution in [3.8, 4) is 0 Å². The van der Waals surface area contributed by atoms with Gasteiger partial charge in [-0.15, -0.1) is 0 Å². The smallest absolute Gasteiger partial charge is 0.311 e. The Morgan fingerprint density at radius 3 is 1.90 bits per heavy atom. The molecule has 1 N–H and O–H groups in total. The Morgan fingerprint density at radius 1 is 0.810 bits per heavy atom. The molecule has 4 heteroatoms. The van der Waals surface area contributed by atoms with Crippen molar-refractivity contribution < 1.29 is 13.2 Å². The summed E-state index contributed by atoms with van der Waals surface area (Å²) in [6.45, 7) is 6.81. The zero-order chi connectivity index (χ0) is 15.7. The van der Waals surface area contributed by atoms with E-state index in [9.17, 15) is 13.2 Å². The Hall–Kier alpha value is -0.250. The summed E-state index contributed by atoms with van der Waals surface area (Å²) >= 11 is 0. The molecule has 0 heterocycles. The molecule has 0 bridgehead atoms. The van der Waals surface area contributed by atoms with E-state index in [0.717, 1.165) is 38.5 Å². The van der Waals surface area contributed by atoms with Crippen molar-refractivity contribution >= 4 is 0 Å². The van der Waals surface area contributed by atoms with Crippen molar-refractivity contribution in [2.75, 3.05) is 0 Å². The quantitative estimate of drug-likeness (QED) is 0.729. The Morgan fingerprint density at radius 2 is 1.38 bits per heavy atom. The summed E-state index contributed by atoms with van der Waals surface area (Å²) in [5.41, 5.74) is 0.324. The van der Waals surface area contributed by atoms with Crippen molar-refractivity contribution in [1.29, 1.82) is 0 Å². The maximum atomic E-state index is 13.1. The van der Waals surface area contributed by atoms with Crippen molar-refractivity contribution in [1.82, 2.24) is 5.32 Å². The van der Waals surface area contributed by atoms with E-state index in [1.165, 1.54) is 0 Å². The maximum absolute atomic E-state index is 13.1. The lowest BCUT2D eigenvalue weighted by molar-refractivity contribution is -0.189. The van der Waals surface area contributed by atoms with E-state index in [0.29, 0.717) is 24.2 Å². The van der Waals surface area contributed by atoms with Crippen LogP contribution in [0.25, 0.3) is 0 Å². The molecule has 2 aliphatic carbocycles. The van der Waals surface area contributed by atoms with Gasteiger partial charge in [-0.1, -0.05) is 33.6 Å². The van der Waals surface area contributed by atoms with Crippen molar-refractivity contribution in [3.63, 3.8) is 0 Å². The summed E-state index contributed by atoms with van der Waals surface area (Å²) in [6, 6.07) is -0.0634. The molecule has 0 spiro atoms. The molecule has 2 fully saturated rings. The third-order valence-electron chi connectivity index (χ3n) is 5.59. The normalized spacial score (nSPS) is 35.7. The minimum atomic E-state index is -4.04. The van der Waals surface area contributed by atoms with E-state index < -0.39 is 12.1 Å². The molecule has 124 valence electrons. The molecule has 0 aromatic heterocycles. The first-order valence-electron chi connectivity index (χ1n) is 8.50. The fourth-order valence-electron chi connectivity index (χ4n) is 4.15. The third-order valence-corrected chi connectivity index (χ3v) is 5.59. The summed E-state index contributed by atoms with van der Waals surface area (Å²) in [4.78, 5) is 0. The molecule has 0 radical (unpaired) electrons. The number of rotatable bonds is 2. The Kier molecular flexibility index (Phi) is 5.27. The van der Waals surface area contributed by atoms with Crippen molar-refractivity contribution in [2.24, 2.45) is 17.3 Å². The van der Waals surface area contributed by atoms with Gasteiger partial charge in [0.15, 0.2) is 0 Å². The summed E-state index contributed by atoms with van der Waals surface area (Å²) in [7, 11) is 0. The van der Waals surface area contributed by atoms with Crippen molar-refractivity contribution in [3.05, 3.63) is 0 Å². The van der Waals surface area contributed by atoms with Gasteiger partial charge >= 0.3 is 6.18 Å². The van der Waals surface area contributed by atoms with Crippen LogP contribution in [-0.2, 0) is 0 Å². The number of nitrogens with one attached hydrogen (secondary N) is 1. The molecule has 2 rings (SSSR count). The molecule has 2 saturated carbocycles. The van der Waals surface area contributed by atoms with Gasteiger partial charge in [0.25, 0.3) is 0 Å². The first-order valence-corrected chi connectivity index (χ1v) is 8.50. The van der Waals surface area contributed by atoms with Crippen LogP contribution < -0.4 is 5.32 Å². The van der Waals surface area contributed by atoms with Crippen LogP contribution in [0.4, 0.5) is 13.2 Å². The summed E-state index contributed by atoms with van der Waals surface area (Å²) < 4.78 is 39.4. The Bertz CT molecular complexity index is 324. The second-order valence-corrected chi connectivity index (χ2v) is 8.12. The highest BCUT2D eigenvalue weighted by Gasteiger charge is 2.46. The van der Waals surface area contributed by atoms with Gasteiger partial charge in [0, 0.05) is 12.1 Å². The molecule has 21 heavy (non-hydrogen) atoms. The highest BCUT2D eigenvalue weighted by atomic mass is 19.4. The average Bonchev–Trinajstić information content (AvgIpc) is 2.37. The van der Waals surface area contributed by atoms with Crippen molar-refractivity contribution in [2.45, 2.75) is 90.4 Å². The number of alkyl halides is 3. The second kappa shape index (κ2) is 6.47. The van der Waals surface area contributed by atoms with E-state index in [1.54, 1.807) is 0 Å². The van der Waals surface area contributed by atoms with Gasteiger partial charge in [-0.2, -0.15) is 13.2 Å². The van der Waals surface area contributed by atoms with Gasteiger partial charge in [0.1, 0.15) is 0 Å². The molecule has 0 aromatic carbocycles. The van der Waals surface area contributed by atoms with Crippen LogP contribution in [0.3, 0.4) is 0 Å². The molecular weight excluding hydrogens is 275 g/mol. The zero-order valence-corrected chi connectivity index (χ0v) is 13.6. The lowest BCUT2D eigenvalue weighted by Crippen LogP contribution is -2.50. The fourth-order valence-corrected chi connectivity index (χ4v) is 4.15. The summed E-state index contributed by atoms with van der Waals surface area (Å²) in [5, 5.41) is 3.37. The van der Waals surface area contributed by atoms with E-state index in [2.05, 4.69) is 26.1 Å². The van der Waals surface area contributed by atoms with Crippen LogP contribution in [0.2, 0.25) is 0 Å². The summed E-state index contributed by atoms with van der Waals surface area (Å²) in [5.74, 6) is -0.424. The topological polar surface area (TPSA) is 12.0 Å². The molecule has 0 aromatic rings. The van der Waals surface area contributed by atoms with Gasteiger partial charge in [0.05, 0.1) is 5.92 Å². The summed E-state index contributed by atoms with van der Waals surface area (Å²) in [6.07, 6.45) is 2.95. The average molecular weight is 305 g/mol. The minimum absolute atomic E-state index is 0.288.